The van der Waals surface area contributed by atoms with E-state index in [1.165, 1.54) is 0 Å². The lowest BCUT2D eigenvalue weighted by molar-refractivity contribution is -0.147. The maximum atomic E-state index is 11.5. The van der Waals surface area contributed by atoms with Crippen LogP contribution in [0.3, 0.4) is 0 Å². The normalized spacial score (nSPS) is 10.9. The highest BCUT2D eigenvalue weighted by atomic mass is 16.5. The van der Waals surface area contributed by atoms with E-state index < -0.39 is 0 Å². The van der Waals surface area contributed by atoms with Gasteiger partial charge < -0.3 is 9.47 Å². The lowest BCUT2D eigenvalue weighted by atomic mass is 10.1. The lowest BCUT2D eigenvalue weighted by Crippen LogP contribution is -2.13. The molecule has 0 amide bonds. The maximum Gasteiger partial charge on any atom is 0.306 e. The lowest BCUT2D eigenvalue weighted by Gasteiger charge is -2.12. The number of ether oxygens (including phenoxy) is 2. The van der Waals surface area contributed by atoms with Gasteiger partial charge in [0.25, 0.3) is 0 Å². The molecule has 0 N–H and O–H groups in total. The molecule has 0 aliphatic heterocycles. The fourth-order valence-electron chi connectivity index (χ4n) is 1.84. The minimum absolute atomic E-state index is 0.0532. The number of unbranched alkanes of at least 4 members (excludes halogenated alkanes) is 2. The van der Waals surface area contributed by atoms with Gasteiger partial charge in [-0.3, -0.25) is 9.59 Å². The summed E-state index contributed by atoms with van der Waals surface area (Å²) in [6, 6.07) is 0. The van der Waals surface area contributed by atoms with Crippen LogP contribution in [0, 0.1) is 5.92 Å². The Bertz CT molecular complexity index is 270. The fraction of sp³-hybridized carbons (Fsp3) is 0.875. The quantitative estimate of drug-likeness (QED) is 0.427. The summed E-state index contributed by atoms with van der Waals surface area (Å²) in [4.78, 5) is 22.8. The van der Waals surface area contributed by atoms with Crippen LogP contribution in [0.2, 0.25) is 0 Å². The summed E-state index contributed by atoms with van der Waals surface area (Å²) in [5.74, 6) is 0.197. The molecule has 4 heteroatoms. The molecule has 0 saturated heterocycles. The van der Waals surface area contributed by atoms with Crippen molar-refractivity contribution in [3.63, 3.8) is 0 Å². The third-order valence-corrected chi connectivity index (χ3v) is 3.26. The molecule has 0 saturated carbocycles. The third-order valence-electron chi connectivity index (χ3n) is 3.26. The van der Waals surface area contributed by atoms with Gasteiger partial charge in [0, 0.05) is 12.8 Å². The zero-order chi connectivity index (χ0) is 15.4. The van der Waals surface area contributed by atoms with E-state index in [1.807, 2.05) is 13.8 Å². The number of hydrogen-bond acceptors (Lipinski definition) is 4. The van der Waals surface area contributed by atoms with Crippen LogP contribution >= 0.6 is 0 Å². The molecule has 0 aromatic carbocycles. The Hall–Kier alpha value is -1.06. The van der Waals surface area contributed by atoms with Crippen LogP contribution in [0.4, 0.5) is 0 Å². The van der Waals surface area contributed by atoms with E-state index >= 15 is 0 Å². The molecule has 20 heavy (non-hydrogen) atoms. The van der Waals surface area contributed by atoms with E-state index in [4.69, 9.17) is 9.47 Å². The molecule has 0 aliphatic carbocycles. The van der Waals surface area contributed by atoms with Crippen LogP contribution in [0.25, 0.3) is 0 Å². The second-order valence-electron chi connectivity index (χ2n) is 5.46. The predicted octanol–water partition coefficient (Wildman–Crippen LogP) is 3.87. The molecular weight excluding hydrogens is 256 g/mol. The van der Waals surface area contributed by atoms with Crippen molar-refractivity contribution in [2.45, 2.75) is 78.7 Å². The molecule has 0 aliphatic rings. The summed E-state index contributed by atoms with van der Waals surface area (Å²) in [7, 11) is 0. The van der Waals surface area contributed by atoms with Crippen LogP contribution in [0.5, 0.6) is 0 Å². The molecule has 4 nitrogen and oxygen atoms in total. The van der Waals surface area contributed by atoms with Gasteiger partial charge in [-0.15, -0.1) is 0 Å². The first-order valence-corrected chi connectivity index (χ1v) is 7.84. The van der Waals surface area contributed by atoms with Crippen LogP contribution in [0.15, 0.2) is 0 Å². The average molecular weight is 286 g/mol. The van der Waals surface area contributed by atoms with E-state index in [0.717, 1.165) is 32.1 Å². The van der Waals surface area contributed by atoms with Crippen molar-refractivity contribution in [1.29, 1.82) is 0 Å². The predicted molar refractivity (Wildman–Crippen MR) is 79.3 cm³/mol. The van der Waals surface area contributed by atoms with Crippen LogP contribution in [-0.2, 0) is 19.1 Å². The molecule has 0 radical (unpaired) electrons. The highest BCUT2D eigenvalue weighted by Gasteiger charge is 2.09. The number of esters is 2. The molecule has 118 valence electrons. The average Bonchev–Trinajstić information content (AvgIpc) is 2.38. The second kappa shape index (κ2) is 11.7. The first-order chi connectivity index (χ1) is 9.49. The first-order valence-electron chi connectivity index (χ1n) is 7.84. The van der Waals surface area contributed by atoms with Crippen molar-refractivity contribution >= 4 is 11.9 Å². The standard InChI is InChI=1S/C16H30O4/c1-5-14(6-2)12-19-15(17)10-8-7-9-11-16(18)20-13(3)4/h13-14H,5-12H2,1-4H3. The Morgan fingerprint density at radius 3 is 1.95 bits per heavy atom. The smallest absolute Gasteiger partial charge is 0.306 e. The van der Waals surface area contributed by atoms with Crippen molar-refractivity contribution in [2.75, 3.05) is 6.61 Å². The van der Waals surface area contributed by atoms with Gasteiger partial charge in [-0.25, -0.2) is 0 Å². The van der Waals surface area contributed by atoms with E-state index in [2.05, 4.69) is 13.8 Å². The third kappa shape index (κ3) is 10.8. The molecule has 0 atom stereocenters. The van der Waals surface area contributed by atoms with Crippen LogP contribution < -0.4 is 0 Å². The number of hydrogen-bond donors (Lipinski definition) is 0. The summed E-state index contributed by atoms with van der Waals surface area (Å²) in [6.45, 7) is 8.44. The summed E-state index contributed by atoms with van der Waals surface area (Å²) in [5, 5.41) is 0. The zero-order valence-corrected chi connectivity index (χ0v) is 13.4. The molecule has 0 spiro atoms. The van der Waals surface area contributed by atoms with Gasteiger partial charge in [-0.2, -0.15) is 0 Å². The largest absolute Gasteiger partial charge is 0.465 e. The monoisotopic (exact) mass is 286 g/mol. The van der Waals surface area contributed by atoms with Crippen molar-refractivity contribution in [3.8, 4) is 0 Å². The number of rotatable bonds is 11. The maximum absolute atomic E-state index is 11.5. The summed E-state index contributed by atoms with van der Waals surface area (Å²) < 4.78 is 10.3. The Kier molecular flexibility index (Phi) is 11.1. The van der Waals surface area contributed by atoms with Gasteiger partial charge in [0.1, 0.15) is 0 Å². The first kappa shape index (κ1) is 18.9. The van der Waals surface area contributed by atoms with Crippen molar-refractivity contribution in [1.82, 2.24) is 0 Å². The molecule has 0 fully saturated rings. The Labute approximate surface area is 123 Å². The molecule has 0 bridgehead atoms. The Morgan fingerprint density at radius 2 is 1.45 bits per heavy atom. The van der Waals surface area contributed by atoms with Gasteiger partial charge in [0.15, 0.2) is 0 Å². The Morgan fingerprint density at radius 1 is 0.900 bits per heavy atom. The van der Waals surface area contributed by atoms with Gasteiger partial charge in [0.2, 0.25) is 0 Å². The Balaban J connectivity index is 3.50. The number of carbonyl (C=O) groups excluding carboxylic acids is 2. The molecule has 0 aromatic rings. The highest BCUT2D eigenvalue weighted by Crippen LogP contribution is 2.10. The van der Waals surface area contributed by atoms with Gasteiger partial charge in [-0.05, 0) is 32.6 Å². The topological polar surface area (TPSA) is 52.6 Å². The van der Waals surface area contributed by atoms with Crippen LogP contribution in [0.1, 0.15) is 72.6 Å². The minimum Gasteiger partial charge on any atom is -0.465 e. The zero-order valence-electron chi connectivity index (χ0n) is 13.4. The van der Waals surface area contributed by atoms with E-state index in [-0.39, 0.29) is 18.0 Å². The van der Waals surface area contributed by atoms with Gasteiger partial charge in [-0.1, -0.05) is 33.1 Å². The molecular formula is C16H30O4. The SMILES string of the molecule is CCC(CC)COC(=O)CCCCCC(=O)OC(C)C. The summed E-state index contributed by atoms with van der Waals surface area (Å²) in [6.07, 6.45) is 5.31. The van der Waals surface area contributed by atoms with Gasteiger partial charge in [0.05, 0.1) is 12.7 Å². The van der Waals surface area contributed by atoms with Crippen LogP contribution in [-0.4, -0.2) is 24.6 Å². The molecule has 0 aromatic heterocycles. The van der Waals surface area contributed by atoms with E-state index in [1.54, 1.807) is 0 Å². The molecule has 0 heterocycles. The molecule has 0 rings (SSSR count). The number of carbonyl (C=O) groups is 2. The fourth-order valence-corrected chi connectivity index (χ4v) is 1.84. The van der Waals surface area contributed by atoms with E-state index in [0.29, 0.717) is 25.4 Å². The van der Waals surface area contributed by atoms with Crippen molar-refractivity contribution < 1.29 is 19.1 Å². The molecule has 0 unspecified atom stereocenters. The van der Waals surface area contributed by atoms with Crippen molar-refractivity contribution in [3.05, 3.63) is 0 Å². The minimum atomic E-state index is -0.156. The highest BCUT2D eigenvalue weighted by molar-refractivity contribution is 5.70. The van der Waals surface area contributed by atoms with Crippen molar-refractivity contribution in [2.24, 2.45) is 5.92 Å². The summed E-state index contributed by atoms with van der Waals surface area (Å²) >= 11 is 0. The van der Waals surface area contributed by atoms with Gasteiger partial charge >= 0.3 is 11.9 Å². The second-order valence-corrected chi connectivity index (χ2v) is 5.46. The summed E-state index contributed by atoms with van der Waals surface area (Å²) in [5.41, 5.74) is 0. The van der Waals surface area contributed by atoms with E-state index in [9.17, 15) is 9.59 Å².